The highest BCUT2D eigenvalue weighted by atomic mass is 127. The average Bonchev–Trinajstić information content (AvgIpc) is 2.41. The van der Waals surface area contributed by atoms with Crippen LogP contribution in [-0.2, 0) is 4.74 Å². The van der Waals surface area contributed by atoms with Gasteiger partial charge >= 0.3 is 5.97 Å². The van der Waals surface area contributed by atoms with Crippen LogP contribution in [0.2, 0.25) is 0 Å². The summed E-state index contributed by atoms with van der Waals surface area (Å²) < 4.78 is 5.88. The highest BCUT2D eigenvalue weighted by Gasteiger charge is 2.10. The molecule has 0 radical (unpaired) electrons. The molecule has 4 heteroatoms. The Morgan fingerprint density at radius 1 is 1.21 bits per heavy atom. The summed E-state index contributed by atoms with van der Waals surface area (Å²) in [5, 5.41) is 0. The summed E-state index contributed by atoms with van der Waals surface area (Å²) in [7, 11) is 1.36. The smallest absolute Gasteiger partial charge is 0.356 e. The number of benzene rings is 1. The molecule has 0 saturated carbocycles. The third-order valence-electron chi connectivity index (χ3n) is 2.99. The minimum atomic E-state index is -0.409. The minimum absolute atomic E-state index is 0.338. The fourth-order valence-corrected chi connectivity index (χ4v) is 2.35. The summed E-state index contributed by atoms with van der Waals surface area (Å²) >= 11 is 2.32. The van der Waals surface area contributed by atoms with Gasteiger partial charge < -0.3 is 4.74 Å². The van der Waals surface area contributed by atoms with Gasteiger partial charge in [0.05, 0.1) is 7.11 Å². The Hall–Kier alpha value is -1.43. The number of hydrogen-bond donors (Lipinski definition) is 0. The van der Waals surface area contributed by atoms with E-state index in [1.165, 1.54) is 16.2 Å². The van der Waals surface area contributed by atoms with Crippen LogP contribution in [0, 0.1) is 17.4 Å². The molecule has 0 aliphatic rings. The second-order valence-electron chi connectivity index (χ2n) is 4.34. The zero-order valence-electron chi connectivity index (χ0n) is 11.0. The third-order valence-corrected chi connectivity index (χ3v) is 4.15. The number of ether oxygens (including phenoxy) is 1. The number of methoxy groups -OCH3 is 1. The van der Waals surface area contributed by atoms with Crippen molar-refractivity contribution in [3.05, 3.63) is 50.9 Å². The Balaban J connectivity index is 2.46. The number of halogens is 1. The molecule has 0 amide bonds. The molecule has 0 N–H and O–H groups in total. The lowest BCUT2D eigenvalue weighted by atomic mass is 10.0. The molecule has 0 atom stereocenters. The summed E-state index contributed by atoms with van der Waals surface area (Å²) in [5.74, 6) is -0.409. The first-order chi connectivity index (χ1) is 9.02. The third kappa shape index (κ3) is 2.94. The molecule has 0 fully saturated rings. The first-order valence-corrected chi connectivity index (χ1v) is 6.92. The molecule has 0 aliphatic heterocycles. The topological polar surface area (TPSA) is 39.2 Å². The van der Waals surface area contributed by atoms with Crippen molar-refractivity contribution in [1.29, 1.82) is 0 Å². The Bertz CT molecular complexity index is 638. The van der Waals surface area contributed by atoms with Crippen molar-refractivity contribution < 1.29 is 9.53 Å². The van der Waals surface area contributed by atoms with Gasteiger partial charge in [0.1, 0.15) is 5.69 Å². The van der Waals surface area contributed by atoms with Gasteiger partial charge in [0.25, 0.3) is 0 Å². The van der Waals surface area contributed by atoms with E-state index in [0.717, 1.165) is 16.7 Å². The maximum Gasteiger partial charge on any atom is 0.356 e. The van der Waals surface area contributed by atoms with E-state index >= 15 is 0 Å². The standard InChI is InChI=1S/C15H14INO2/c1-9-4-5-11(7-13(9)16)12-8-17-14(6-10(12)2)15(18)19-3/h4-8H,1-3H3. The van der Waals surface area contributed by atoms with Crippen molar-refractivity contribution in [3.8, 4) is 11.1 Å². The number of hydrogen-bond acceptors (Lipinski definition) is 3. The van der Waals surface area contributed by atoms with Gasteiger partial charge in [0.15, 0.2) is 0 Å². The summed E-state index contributed by atoms with van der Waals surface area (Å²) in [4.78, 5) is 15.6. The molecule has 1 aromatic carbocycles. The quantitative estimate of drug-likeness (QED) is 0.600. The summed E-state index contributed by atoms with van der Waals surface area (Å²) in [6, 6.07) is 8.04. The molecule has 1 heterocycles. The molecule has 1 aromatic heterocycles. The van der Waals surface area contributed by atoms with Crippen molar-refractivity contribution in [3.63, 3.8) is 0 Å². The molecule has 0 unspecified atom stereocenters. The molecule has 3 nitrogen and oxygen atoms in total. The highest BCUT2D eigenvalue weighted by Crippen LogP contribution is 2.26. The minimum Gasteiger partial charge on any atom is -0.464 e. The van der Waals surface area contributed by atoms with E-state index in [1.54, 1.807) is 12.3 Å². The Morgan fingerprint density at radius 2 is 1.95 bits per heavy atom. The Morgan fingerprint density at radius 3 is 2.53 bits per heavy atom. The maximum atomic E-state index is 11.4. The van der Waals surface area contributed by atoms with Crippen LogP contribution in [0.1, 0.15) is 21.6 Å². The zero-order valence-corrected chi connectivity index (χ0v) is 13.2. The normalized spacial score (nSPS) is 10.3. The number of nitrogens with zero attached hydrogens (tertiary/aromatic N) is 1. The lowest BCUT2D eigenvalue weighted by Crippen LogP contribution is -2.04. The second kappa shape index (κ2) is 5.69. The first kappa shape index (κ1) is 14.0. The van der Waals surface area contributed by atoms with E-state index in [9.17, 15) is 4.79 Å². The summed E-state index contributed by atoms with van der Waals surface area (Å²) in [6.07, 6.45) is 1.72. The fraction of sp³-hybridized carbons (Fsp3) is 0.200. The molecule has 2 rings (SSSR count). The summed E-state index contributed by atoms with van der Waals surface area (Å²) in [6.45, 7) is 4.05. The maximum absolute atomic E-state index is 11.4. The number of rotatable bonds is 2. The Kier molecular flexibility index (Phi) is 4.19. The fourth-order valence-electron chi connectivity index (χ4n) is 1.83. The van der Waals surface area contributed by atoms with Crippen LogP contribution < -0.4 is 0 Å². The van der Waals surface area contributed by atoms with E-state index in [2.05, 4.69) is 57.4 Å². The average molecular weight is 367 g/mol. The van der Waals surface area contributed by atoms with Gasteiger partial charge in [-0.25, -0.2) is 9.78 Å². The lowest BCUT2D eigenvalue weighted by Gasteiger charge is -2.08. The molecule has 2 aromatic rings. The summed E-state index contributed by atoms with van der Waals surface area (Å²) in [5.41, 5.74) is 4.74. The predicted molar refractivity (Wildman–Crippen MR) is 83.2 cm³/mol. The van der Waals surface area contributed by atoms with E-state index in [-0.39, 0.29) is 0 Å². The lowest BCUT2D eigenvalue weighted by molar-refractivity contribution is 0.0594. The molecule has 98 valence electrons. The number of aromatic nitrogens is 1. The largest absolute Gasteiger partial charge is 0.464 e. The van der Waals surface area contributed by atoms with Crippen molar-refractivity contribution in [2.45, 2.75) is 13.8 Å². The van der Waals surface area contributed by atoms with Crippen molar-refractivity contribution in [2.75, 3.05) is 7.11 Å². The number of carbonyl (C=O) groups excluding carboxylic acids is 1. The van der Waals surface area contributed by atoms with Crippen molar-refractivity contribution in [2.24, 2.45) is 0 Å². The van der Waals surface area contributed by atoms with Gasteiger partial charge in [0, 0.05) is 15.3 Å². The second-order valence-corrected chi connectivity index (χ2v) is 5.50. The van der Waals surface area contributed by atoms with Gasteiger partial charge in [-0.1, -0.05) is 12.1 Å². The van der Waals surface area contributed by atoms with Gasteiger partial charge in [-0.05, 0) is 65.3 Å². The van der Waals surface area contributed by atoms with Crippen LogP contribution >= 0.6 is 22.6 Å². The molecular weight excluding hydrogens is 353 g/mol. The van der Waals surface area contributed by atoms with Gasteiger partial charge in [0.2, 0.25) is 0 Å². The highest BCUT2D eigenvalue weighted by molar-refractivity contribution is 14.1. The predicted octanol–water partition coefficient (Wildman–Crippen LogP) is 3.76. The number of carbonyl (C=O) groups is 1. The first-order valence-electron chi connectivity index (χ1n) is 5.84. The van der Waals surface area contributed by atoms with Crippen LogP contribution in [0.15, 0.2) is 30.5 Å². The molecule has 0 spiro atoms. The molecule has 19 heavy (non-hydrogen) atoms. The number of aryl methyl sites for hydroxylation is 2. The molecule has 0 saturated heterocycles. The van der Waals surface area contributed by atoms with E-state index in [4.69, 9.17) is 0 Å². The monoisotopic (exact) mass is 367 g/mol. The van der Waals surface area contributed by atoms with Gasteiger partial charge in [-0.3, -0.25) is 0 Å². The van der Waals surface area contributed by atoms with Crippen molar-refractivity contribution in [1.82, 2.24) is 4.98 Å². The SMILES string of the molecule is COC(=O)c1cc(C)c(-c2ccc(C)c(I)c2)cn1. The van der Waals surface area contributed by atoms with Crippen LogP contribution in [0.3, 0.4) is 0 Å². The van der Waals surface area contributed by atoms with Crippen molar-refractivity contribution >= 4 is 28.6 Å². The van der Waals surface area contributed by atoms with Crippen LogP contribution in [0.25, 0.3) is 11.1 Å². The van der Waals surface area contributed by atoms with Crippen LogP contribution in [0.4, 0.5) is 0 Å². The molecular formula is C15H14INO2. The Labute approximate surface area is 126 Å². The van der Waals surface area contributed by atoms with Crippen LogP contribution in [-0.4, -0.2) is 18.1 Å². The number of esters is 1. The van der Waals surface area contributed by atoms with E-state index in [1.807, 2.05) is 6.92 Å². The van der Waals surface area contributed by atoms with Crippen LogP contribution in [0.5, 0.6) is 0 Å². The van der Waals surface area contributed by atoms with E-state index < -0.39 is 5.97 Å². The molecule has 0 bridgehead atoms. The van der Waals surface area contributed by atoms with Gasteiger partial charge in [-0.15, -0.1) is 0 Å². The zero-order chi connectivity index (χ0) is 14.0. The van der Waals surface area contributed by atoms with Gasteiger partial charge in [-0.2, -0.15) is 0 Å². The number of pyridine rings is 1. The van der Waals surface area contributed by atoms with E-state index in [0.29, 0.717) is 5.69 Å². The molecule has 0 aliphatic carbocycles.